The monoisotopic (exact) mass is 448 g/mol. The summed E-state index contributed by atoms with van der Waals surface area (Å²) >= 11 is 0. The van der Waals surface area contributed by atoms with Crippen LogP contribution in [0.25, 0.3) is 16.8 Å². The van der Waals surface area contributed by atoms with Gasteiger partial charge in [-0.15, -0.1) is 4.68 Å². The third kappa shape index (κ3) is 4.92. The zero-order valence-corrected chi connectivity index (χ0v) is 18.6. The van der Waals surface area contributed by atoms with Crippen LogP contribution in [0.1, 0.15) is 49.5 Å². The van der Waals surface area contributed by atoms with Crippen molar-refractivity contribution in [1.29, 1.82) is 0 Å². The summed E-state index contributed by atoms with van der Waals surface area (Å²) in [5.74, 6) is -0.190. The second kappa shape index (κ2) is 8.50. The Morgan fingerprint density at radius 1 is 1.15 bits per heavy atom. The van der Waals surface area contributed by atoms with Crippen molar-refractivity contribution in [2.75, 3.05) is 5.32 Å². The number of fused-ring (bicyclic) bond motifs is 1. The van der Waals surface area contributed by atoms with E-state index in [-0.39, 0.29) is 11.6 Å². The summed E-state index contributed by atoms with van der Waals surface area (Å²) in [5.41, 5.74) is 2.92. The highest BCUT2D eigenvalue weighted by Crippen LogP contribution is 2.33. The number of carbonyl (C=O) groups excluding carboxylic acids is 2. The van der Waals surface area contributed by atoms with Crippen molar-refractivity contribution >= 4 is 23.4 Å². The number of nitrogens with zero attached hydrogens (tertiary/aromatic N) is 3. The van der Waals surface area contributed by atoms with Crippen molar-refractivity contribution in [1.82, 2.24) is 9.78 Å². The van der Waals surface area contributed by atoms with Crippen LogP contribution in [0.2, 0.25) is 0 Å². The van der Waals surface area contributed by atoms with Crippen LogP contribution in [-0.4, -0.2) is 32.2 Å². The van der Waals surface area contributed by atoms with Gasteiger partial charge in [0.15, 0.2) is 5.78 Å². The number of hydrogen-bond donors (Lipinski definition) is 1. The van der Waals surface area contributed by atoms with Crippen molar-refractivity contribution in [3.05, 3.63) is 69.9 Å². The molecule has 1 heterocycles. The molecule has 33 heavy (non-hydrogen) atoms. The summed E-state index contributed by atoms with van der Waals surface area (Å²) in [5, 5.41) is 18.6. The Kier molecular flexibility index (Phi) is 5.71. The minimum Gasteiger partial charge on any atom is -0.444 e. The molecule has 1 aromatic heterocycles. The Morgan fingerprint density at radius 2 is 1.94 bits per heavy atom. The van der Waals surface area contributed by atoms with Gasteiger partial charge in [-0.3, -0.25) is 10.1 Å². The number of nitro groups is 1. The van der Waals surface area contributed by atoms with E-state index in [1.54, 1.807) is 63.4 Å². The van der Waals surface area contributed by atoms with Gasteiger partial charge in [0.1, 0.15) is 11.2 Å². The molecule has 1 aliphatic carbocycles. The molecule has 1 amide bonds. The molecule has 4 rings (SSSR count). The molecular formula is C24H24N4O5. The lowest BCUT2D eigenvalue weighted by Gasteiger charge is -2.19. The van der Waals surface area contributed by atoms with Gasteiger partial charge in [0, 0.05) is 17.7 Å². The molecule has 0 unspecified atom stereocenters. The fourth-order valence-corrected chi connectivity index (χ4v) is 3.80. The maximum absolute atomic E-state index is 12.1. The lowest BCUT2D eigenvalue weighted by atomic mass is 9.88. The zero-order chi connectivity index (χ0) is 23.8. The number of carbonyl (C=O) groups is 2. The van der Waals surface area contributed by atoms with Crippen LogP contribution >= 0.6 is 0 Å². The molecular weight excluding hydrogens is 424 g/mol. The molecule has 3 aromatic rings. The summed E-state index contributed by atoms with van der Waals surface area (Å²) in [6.07, 6.45) is 3.04. The minimum absolute atomic E-state index is 0.0993. The normalized spacial score (nSPS) is 13.4. The predicted molar refractivity (Wildman–Crippen MR) is 123 cm³/mol. The Hall–Kier alpha value is -4.01. The van der Waals surface area contributed by atoms with Crippen LogP contribution in [0.5, 0.6) is 0 Å². The standard InChI is InChI=1S/C24H24N4O5/c1-24(2,3)33-23(30)25-17-7-5-8-18(13-17)27-14-20(22(26-27)28(31)32)16-10-11-19-15(12-16)6-4-9-21(19)29/h5,7-8,10-14H,4,6,9H2,1-3H3,(H,25,30). The second-order valence-electron chi connectivity index (χ2n) is 8.89. The molecule has 0 fully saturated rings. The lowest BCUT2D eigenvalue weighted by Crippen LogP contribution is -2.27. The maximum Gasteiger partial charge on any atom is 0.412 e. The molecule has 0 bridgehead atoms. The Bertz CT molecular complexity index is 1260. The fourth-order valence-electron chi connectivity index (χ4n) is 3.80. The van der Waals surface area contributed by atoms with Gasteiger partial charge in [-0.1, -0.05) is 24.3 Å². The van der Waals surface area contributed by atoms with E-state index in [0.29, 0.717) is 34.5 Å². The van der Waals surface area contributed by atoms with Crippen LogP contribution in [0.4, 0.5) is 16.3 Å². The topological polar surface area (TPSA) is 116 Å². The minimum atomic E-state index is -0.640. The highest BCUT2D eigenvalue weighted by Gasteiger charge is 2.25. The first-order chi connectivity index (χ1) is 15.6. The van der Waals surface area contributed by atoms with Crippen molar-refractivity contribution < 1.29 is 19.2 Å². The summed E-state index contributed by atoms with van der Waals surface area (Å²) in [6, 6.07) is 12.1. The highest BCUT2D eigenvalue weighted by atomic mass is 16.6. The molecule has 9 nitrogen and oxygen atoms in total. The van der Waals surface area contributed by atoms with E-state index in [4.69, 9.17) is 4.74 Å². The van der Waals surface area contributed by atoms with E-state index >= 15 is 0 Å². The molecule has 1 N–H and O–H groups in total. The van der Waals surface area contributed by atoms with Crippen molar-refractivity contribution in [3.8, 4) is 16.8 Å². The third-order valence-corrected chi connectivity index (χ3v) is 5.19. The molecule has 9 heteroatoms. The number of rotatable bonds is 4. The summed E-state index contributed by atoms with van der Waals surface area (Å²) in [4.78, 5) is 35.4. The Balaban J connectivity index is 1.67. The van der Waals surface area contributed by atoms with Gasteiger partial charge >= 0.3 is 11.9 Å². The van der Waals surface area contributed by atoms with E-state index in [1.807, 2.05) is 6.07 Å². The van der Waals surface area contributed by atoms with Crippen LogP contribution in [0, 0.1) is 10.1 Å². The van der Waals surface area contributed by atoms with Gasteiger partial charge in [0.2, 0.25) is 0 Å². The van der Waals surface area contributed by atoms with Crippen molar-refractivity contribution in [3.63, 3.8) is 0 Å². The first-order valence-corrected chi connectivity index (χ1v) is 10.6. The number of aryl methyl sites for hydroxylation is 1. The average molecular weight is 448 g/mol. The molecule has 0 saturated carbocycles. The van der Waals surface area contributed by atoms with Crippen molar-refractivity contribution in [2.24, 2.45) is 0 Å². The van der Waals surface area contributed by atoms with Crippen LogP contribution in [0.3, 0.4) is 0 Å². The number of hydrogen-bond acceptors (Lipinski definition) is 6. The van der Waals surface area contributed by atoms with E-state index in [0.717, 1.165) is 18.4 Å². The quantitative estimate of drug-likeness (QED) is 0.427. The van der Waals surface area contributed by atoms with Crippen molar-refractivity contribution in [2.45, 2.75) is 45.6 Å². The number of anilines is 1. The first-order valence-electron chi connectivity index (χ1n) is 10.6. The molecule has 0 radical (unpaired) electrons. The molecule has 0 saturated heterocycles. The number of amides is 1. The van der Waals surface area contributed by atoms with Gasteiger partial charge in [0.25, 0.3) is 0 Å². The Labute approximate surface area is 190 Å². The molecule has 1 aliphatic rings. The predicted octanol–water partition coefficient (Wildman–Crippen LogP) is 5.31. The molecule has 0 atom stereocenters. The van der Waals surface area contributed by atoms with E-state index in [2.05, 4.69) is 10.4 Å². The van der Waals surface area contributed by atoms with Gasteiger partial charge in [0.05, 0.1) is 17.0 Å². The van der Waals surface area contributed by atoms with E-state index in [9.17, 15) is 19.7 Å². The highest BCUT2D eigenvalue weighted by molar-refractivity contribution is 5.99. The van der Waals surface area contributed by atoms with Crippen LogP contribution in [-0.2, 0) is 11.2 Å². The van der Waals surface area contributed by atoms with Gasteiger partial charge in [-0.2, -0.15) is 0 Å². The number of nitrogens with one attached hydrogen (secondary N) is 1. The number of aromatic nitrogens is 2. The zero-order valence-electron chi connectivity index (χ0n) is 18.6. The fraction of sp³-hybridized carbons (Fsp3) is 0.292. The smallest absolute Gasteiger partial charge is 0.412 e. The number of ketones is 1. The lowest BCUT2D eigenvalue weighted by molar-refractivity contribution is -0.389. The number of Topliss-reactive ketones (excluding diaryl/α,β-unsaturated/α-hetero) is 1. The first kappa shape index (κ1) is 22.2. The molecule has 170 valence electrons. The summed E-state index contributed by atoms with van der Waals surface area (Å²) in [6.45, 7) is 5.30. The van der Waals surface area contributed by atoms with Gasteiger partial charge in [-0.05, 0) is 67.9 Å². The SMILES string of the molecule is CC(C)(C)OC(=O)Nc1cccc(-n2cc(-c3ccc4c(c3)CCCC4=O)c([N+](=O)[O-])n2)c1. The Morgan fingerprint density at radius 3 is 2.67 bits per heavy atom. The van der Waals surface area contributed by atoms with Crippen LogP contribution in [0.15, 0.2) is 48.7 Å². The number of ether oxygens (including phenoxy) is 1. The summed E-state index contributed by atoms with van der Waals surface area (Å²) in [7, 11) is 0. The van der Waals surface area contributed by atoms with Crippen LogP contribution < -0.4 is 5.32 Å². The number of benzene rings is 2. The third-order valence-electron chi connectivity index (χ3n) is 5.19. The maximum atomic E-state index is 12.1. The van der Waals surface area contributed by atoms with Gasteiger partial charge < -0.3 is 14.9 Å². The second-order valence-corrected chi connectivity index (χ2v) is 8.89. The average Bonchev–Trinajstić information content (AvgIpc) is 3.18. The van der Waals surface area contributed by atoms with E-state index in [1.165, 1.54) is 4.68 Å². The summed E-state index contributed by atoms with van der Waals surface area (Å²) < 4.78 is 6.67. The molecule has 2 aromatic carbocycles. The van der Waals surface area contributed by atoms with Gasteiger partial charge in [-0.25, -0.2) is 4.79 Å². The van der Waals surface area contributed by atoms with E-state index < -0.39 is 16.6 Å². The molecule has 0 spiro atoms. The molecule has 0 aliphatic heterocycles. The largest absolute Gasteiger partial charge is 0.444 e.